The molecule has 1 rings (SSSR count). The molecule has 0 bridgehead atoms. The van der Waals surface area contributed by atoms with Gasteiger partial charge in [0.25, 0.3) is 0 Å². The monoisotopic (exact) mass is 154 g/mol. The second-order valence-corrected chi connectivity index (χ2v) is 3.70. The van der Waals surface area contributed by atoms with Crippen molar-refractivity contribution >= 4 is 11.6 Å². The Balaban J connectivity index is 2.98. The SMILES string of the molecule is CC(C)C1(C)C(=O)CCC1=O. The summed E-state index contributed by atoms with van der Waals surface area (Å²) in [7, 11) is 0. The Morgan fingerprint density at radius 2 is 1.55 bits per heavy atom. The van der Waals surface area contributed by atoms with Gasteiger partial charge in [-0.1, -0.05) is 13.8 Å². The van der Waals surface area contributed by atoms with Crippen molar-refractivity contribution < 1.29 is 9.59 Å². The first-order valence-corrected chi connectivity index (χ1v) is 4.06. The molecule has 0 radical (unpaired) electrons. The summed E-state index contributed by atoms with van der Waals surface area (Å²) in [4.78, 5) is 22.7. The van der Waals surface area contributed by atoms with Crippen molar-refractivity contribution in [2.45, 2.75) is 33.6 Å². The number of carbonyl (C=O) groups is 2. The molecule has 0 spiro atoms. The van der Waals surface area contributed by atoms with E-state index in [9.17, 15) is 9.59 Å². The summed E-state index contributed by atoms with van der Waals surface area (Å²) in [6.45, 7) is 5.64. The van der Waals surface area contributed by atoms with Crippen LogP contribution < -0.4 is 0 Å². The van der Waals surface area contributed by atoms with E-state index >= 15 is 0 Å². The maximum absolute atomic E-state index is 11.3. The average molecular weight is 154 g/mol. The van der Waals surface area contributed by atoms with Crippen LogP contribution in [0, 0.1) is 11.3 Å². The van der Waals surface area contributed by atoms with Crippen molar-refractivity contribution in [2.75, 3.05) is 0 Å². The zero-order chi connectivity index (χ0) is 8.65. The van der Waals surface area contributed by atoms with Gasteiger partial charge in [-0.05, 0) is 12.8 Å². The van der Waals surface area contributed by atoms with Crippen LogP contribution in [0.25, 0.3) is 0 Å². The number of hydrogen-bond acceptors (Lipinski definition) is 2. The van der Waals surface area contributed by atoms with Crippen molar-refractivity contribution in [3.8, 4) is 0 Å². The summed E-state index contributed by atoms with van der Waals surface area (Å²) in [6.07, 6.45) is 0.904. The highest BCUT2D eigenvalue weighted by atomic mass is 16.2. The Kier molecular flexibility index (Phi) is 1.87. The maximum atomic E-state index is 11.3. The third-order valence-corrected chi connectivity index (χ3v) is 2.89. The predicted octanol–water partition coefficient (Wildman–Crippen LogP) is 1.58. The lowest BCUT2D eigenvalue weighted by Gasteiger charge is -2.24. The largest absolute Gasteiger partial charge is 0.299 e. The molecule has 11 heavy (non-hydrogen) atoms. The van der Waals surface area contributed by atoms with E-state index in [2.05, 4.69) is 0 Å². The minimum absolute atomic E-state index is 0.123. The van der Waals surface area contributed by atoms with Crippen LogP contribution in [0.15, 0.2) is 0 Å². The molecule has 1 aliphatic carbocycles. The fraction of sp³-hybridized carbons (Fsp3) is 0.778. The average Bonchev–Trinajstić information content (AvgIpc) is 2.18. The normalized spacial score (nSPS) is 23.3. The highest BCUT2D eigenvalue weighted by Gasteiger charge is 2.47. The van der Waals surface area contributed by atoms with Gasteiger partial charge in [0.1, 0.15) is 11.6 Å². The summed E-state index contributed by atoms with van der Waals surface area (Å²) in [6, 6.07) is 0. The first kappa shape index (κ1) is 8.44. The molecule has 0 aromatic heterocycles. The lowest BCUT2D eigenvalue weighted by atomic mass is 9.76. The second kappa shape index (κ2) is 2.43. The van der Waals surface area contributed by atoms with Crippen LogP contribution in [0.5, 0.6) is 0 Å². The van der Waals surface area contributed by atoms with Crippen LogP contribution in [0.1, 0.15) is 33.6 Å². The smallest absolute Gasteiger partial charge is 0.146 e. The van der Waals surface area contributed by atoms with E-state index in [1.165, 1.54) is 0 Å². The molecule has 0 aromatic carbocycles. The maximum Gasteiger partial charge on any atom is 0.146 e. The van der Waals surface area contributed by atoms with Gasteiger partial charge < -0.3 is 0 Å². The lowest BCUT2D eigenvalue weighted by Crippen LogP contribution is -2.34. The molecule has 1 fully saturated rings. The Morgan fingerprint density at radius 3 is 1.73 bits per heavy atom. The first-order valence-electron chi connectivity index (χ1n) is 4.06. The van der Waals surface area contributed by atoms with Gasteiger partial charge in [-0.25, -0.2) is 0 Å². The molecule has 62 valence electrons. The topological polar surface area (TPSA) is 34.1 Å². The van der Waals surface area contributed by atoms with Gasteiger partial charge in [-0.15, -0.1) is 0 Å². The molecule has 0 unspecified atom stereocenters. The second-order valence-electron chi connectivity index (χ2n) is 3.70. The van der Waals surface area contributed by atoms with Crippen LogP contribution in [0.3, 0.4) is 0 Å². The number of carbonyl (C=O) groups excluding carboxylic acids is 2. The molecule has 0 atom stereocenters. The Morgan fingerprint density at radius 1 is 1.18 bits per heavy atom. The summed E-state index contributed by atoms with van der Waals surface area (Å²) in [5.74, 6) is 0.389. The van der Waals surface area contributed by atoms with E-state index in [1.54, 1.807) is 6.92 Å². The molecular weight excluding hydrogens is 140 g/mol. The van der Waals surface area contributed by atoms with Crippen LogP contribution in [0.2, 0.25) is 0 Å². The van der Waals surface area contributed by atoms with E-state index in [0.29, 0.717) is 12.8 Å². The molecule has 2 nitrogen and oxygen atoms in total. The van der Waals surface area contributed by atoms with Crippen LogP contribution >= 0.6 is 0 Å². The molecule has 0 N–H and O–H groups in total. The van der Waals surface area contributed by atoms with E-state index in [0.717, 1.165) is 0 Å². The molecule has 0 amide bonds. The van der Waals surface area contributed by atoms with Crippen molar-refractivity contribution in [3.05, 3.63) is 0 Å². The third kappa shape index (κ3) is 1.01. The van der Waals surface area contributed by atoms with Gasteiger partial charge in [-0.3, -0.25) is 9.59 Å². The molecule has 0 aromatic rings. The Labute approximate surface area is 67.0 Å². The van der Waals surface area contributed by atoms with Crippen molar-refractivity contribution in [3.63, 3.8) is 0 Å². The molecule has 0 aliphatic heterocycles. The molecule has 0 heterocycles. The molecule has 1 saturated carbocycles. The van der Waals surface area contributed by atoms with Gasteiger partial charge in [-0.2, -0.15) is 0 Å². The number of hydrogen-bond donors (Lipinski definition) is 0. The van der Waals surface area contributed by atoms with Crippen molar-refractivity contribution in [1.29, 1.82) is 0 Å². The third-order valence-electron chi connectivity index (χ3n) is 2.89. The Bertz CT molecular complexity index is 188. The number of Topliss-reactive ketones (excluding diaryl/α,β-unsaturated/α-hetero) is 2. The molecule has 1 aliphatic rings. The minimum atomic E-state index is -0.667. The van der Waals surface area contributed by atoms with E-state index < -0.39 is 5.41 Å². The lowest BCUT2D eigenvalue weighted by molar-refractivity contribution is -0.136. The highest BCUT2D eigenvalue weighted by molar-refractivity contribution is 6.12. The van der Waals surface area contributed by atoms with Gasteiger partial charge in [0, 0.05) is 12.8 Å². The zero-order valence-corrected chi connectivity index (χ0v) is 7.31. The zero-order valence-electron chi connectivity index (χ0n) is 7.31. The summed E-state index contributed by atoms with van der Waals surface area (Å²) in [5.41, 5.74) is -0.667. The fourth-order valence-corrected chi connectivity index (χ4v) is 1.55. The highest BCUT2D eigenvalue weighted by Crippen LogP contribution is 2.37. The van der Waals surface area contributed by atoms with Gasteiger partial charge in [0.05, 0.1) is 5.41 Å². The fourth-order valence-electron chi connectivity index (χ4n) is 1.55. The van der Waals surface area contributed by atoms with Gasteiger partial charge >= 0.3 is 0 Å². The Hall–Kier alpha value is -0.660. The van der Waals surface area contributed by atoms with Crippen LogP contribution in [0.4, 0.5) is 0 Å². The first-order chi connectivity index (χ1) is 4.99. The van der Waals surface area contributed by atoms with Crippen LogP contribution in [-0.4, -0.2) is 11.6 Å². The van der Waals surface area contributed by atoms with E-state index in [4.69, 9.17) is 0 Å². The summed E-state index contributed by atoms with van der Waals surface area (Å²) < 4.78 is 0. The van der Waals surface area contributed by atoms with Crippen molar-refractivity contribution in [1.82, 2.24) is 0 Å². The predicted molar refractivity (Wildman–Crippen MR) is 42.2 cm³/mol. The number of rotatable bonds is 1. The van der Waals surface area contributed by atoms with Crippen LogP contribution in [-0.2, 0) is 9.59 Å². The van der Waals surface area contributed by atoms with Crippen molar-refractivity contribution in [2.24, 2.45) is 11.3 Å². The molecule has 2 heteroatoms. The quantitative estimate of drug-likeness (QED) is 0.537. The summed E-state index contributed by atoms with van der Waals surface area (Å²) in [5, 5.41) is 0. The van der Waals surface area contributed by atoms with E-state index in [-0.39, 0.29) is 17.5 Å². The van der Waals surface area contributed by atoms with Gasteiger partial charge in [0.15, 0.2) is 0 Å². The molecular formula is C9H14O2. The minimum Gasteiger partial charge on any atom is -0.299 e. The van der Waals surface area contributed by atoms with Gasteiger partial charge in [0.2, 0.25) is 0 Å². The van der Waals surface area contributed by atoms with E-state index in [1.807, 2.05) is 13.8 Å². The number of ketones is 2. The molecule has 0 saturated heterocycles. The summed E-state index contributed by atoms with van der Waals surface area (Å²) >= 11 is 0. The standard InChI is InChI=1S/C9H14O2/c1-6(2)9(3)7(10)4-5-8(9)11/h6H,4-5H2,1-3H3.